The summed E-state index contributed by atoms with van der Waals surface area (Å²) in [7, 11) is 0. The van der Waals surface area contributed by atoms with Gasteiger partial charge in [-0.25, -0.2) is 4.98 Å². The molecule has 1 aromatic rings. The lowest BCUT2D eigenvalue weighted by atomic mass is 10.4. The number of carbonyl (C=O) groups is 1. The fourth-order valence-corrected chi connectivity index (χ4v) is 2.71. The van der Waals surface area contributed by atoms with Crippen LogP contribution >= 0.6 is 11.3 Å². The first-order valence-corrected chi connectivity index (χ1v) is 5.70. The van der Waals surface area contributed by atoms with Crippen molar-refractivity contribution in [2.24, 2.45) is 11.8 Å². The molecule has 2 heterocycles. The highest BCUT2D eigenvalue weighted by Gasteiger charge is 2.53. The van der Waals surface area contributed by atoms with Crippen LogP contribution in [0.1, 0.15) is 10.5 Å². The summed E-state index contributed by atoms with van der Waals surface area (Å²) in [5.41, 5.74) is 2.23. The molecule has 1 aromatic heterocycles. The molecule has 2 unspecified atom stereocenters. The molecule has 5 heteroatoms. The van der Waals surface area contributed by atoms with E-state index in [1.165, 1.54) is 11.3 Å². The van der Waals surface area contributed by atoms with Gasteiger partial charge in [0.15, 0.2) is 0 Å². The van der Waals surface area contributed by atoms with Crippen molar-refractivity contribution < 1.29 is 4.79 Å². The number of nitrogens with one attached hydrogen (secondary N) is 2. The Labute approximate surface area is 85.7 Å². The lowest BCUT2D eigenvalue weighted by Crippen LogP contribution is -2.32. The SMILES string of the molecule is O=C(NC1C2CNCC21)c1cscn1. The second-order valence-electron chi connectivity index (χ2n) is 3.86. The molecule has 1 aliphatic heterocycles. The topological polar surface area (TPSA) is 54.0 Å². The van der Waals surface area contributed by atoms with Gasteiger partial charge in [0.05, 0.1) is 5.51 Å². The molecule has 1 amide bonds. The maximum Gasteiger partial charge on any atom is 0.270 e. The van der Waals surface area contributed by atoms with Crippen molar-refractivity contribution >= 4 is 17.2 Å². The number of hydrogen-bond acceptors (Lipinski definition) is 4. The minimum atomic E-state index is -0.0225. The largest absolute Gasteiger partial charge is 0.347 e. The fraction of sp³-hybridized carbons (Fsp3) is 0.556. The number of fused-ring (bicyclic) bond motifs is 1. The number of aromatic nitrogens is 1. The number of hydrogen-bond donors (Lipinski definition) is 2. The number of rotatable bonds is 2. The van der Waals surface area contributed by atoms with Crippen LogP contribution in [-0.4, -0.2) is 30.0 Å². The van der Waals surface area contributed by atoms with Crippen molar-refractivity contribution in [1.82, 2.24) is 15.6 Å². The van der Waals surface area contributed by atoms with Gasteiger partial charge in [-0.1, -0.05) is 0 Å². The molecule has 0 radical (unpaired) electrons. The molecule has 0 spiro atoms. The van der Waals surface area contributed by atoms with Gasteiger partial charge in [0, 0.05) is 24.5 Å². The third-order valence-electron chi connectivity index (χ3n) is 3.05. The average Bonchev–Trinajstić information content (AvgIpc) is 2.75. The quantitative estimate of drug-likeness (QED) is 0.726. The summed E-state index contributed by atoms with van der Waals surface area (Å²) in [6, 6.07) is 0.394. The molecular weight excluding hydrogens is 198 g/mol. The molecule has 1 aliphatic carbocycles. The summed E-state index contributed by atoms with van der Waals surface area (Å²) in [4.78, 5) is 15.6. The van der Waals surface area contributed by atoms with Gasteiger partial charge in [-0.2, -0.15) is 0 Å². The van der Waals surface area contributed by atoms with E-state index in [1.54, 1.807) is 10.9 Å². The van der Waals surface area contributed by atoms with E-state index >= 15 is 0 Å². The fourth-order valence-electron chi connectivity index (χ4n) is 2.18. The zero-order valence-electron chi connectivity index (χ0n) is 7.56. The summed E-state index contributed by atoms with van der Waals surface area (Å²) in [6.07, 6.45) is 0. The van der Waals surface area contributed by atoms with Crippen molar-refractivity contribution in [3.8, 4) is 0 Å². The minimum absolute atomic E-state index is 0.0225. The van der Waals surface area contributed by atoms with Crippen LogP contribution in [0.4, 0.5) is 0 Å². The van der Waals surface area contributed by atoms with E-state index in [0.717, 1.165) is 13.1 Å². The third kappa shape index (κ3) is 1.24. The Bertz CT molecular complexity index is 341. The molecule has 2 N–H and O–H groups in total. The molecule has 0 bridgehead atoms. The van der Waals surface area contributed by atoms with E-state index in [1.807, 2.05) is 0 Å². The Kier molecular flexibility index (Phi) is 1.81. The second kappa shape index (κ2) is 3.03. The summed E-state index contributed by atoms with van der Waals surface area (Å²) in [6.45, 7) is 2.10. The van der Waals surface area contributed by atoms with Crippen LogP contribution in [0.15, 0.2) is 10.9 Å². The van der Waals surface area contributed by atoms with Gasteiger partial charge < -0.3 is 10.6 Å². The molecule has 4 nitrogen and oxygen atoms in total. The summed E-state index contributed by atoms with van der Waals surface area (Å²) >= 11 is 1.45. The molecule has 74 valence electrons. The van der Waals surface area contributed by atoms with Crippen LogP contribution in [0.2, 0.25) is 0 Å². The Morgan fingerprint density at radius 3 is 3.00 bits per heavy atom. The number of piperidine rings is 1. The van der Waals surface area contributed by atoms with E-state index in [2.05, 4.69) is 15.6 Å². The van der Waals surface area contributed by atoms with E-state index in [4.69, 9.17) is 0 Å². The van der Waals surface area contributed by atoms with Gasteiger partial charge in [0.25, 0.3) is 5.91 Å². The monoisotopic (exact) mass is 209 g/mol. The Balaban J connectivity index is 1.61. The lowest BCUT2D eigenvalue weighted by Gasteiger charge is -2.05. The summed E-state index contributed by atoms with van der Waals surface area (Å²) < 4.78 is 0. The Hall–Kier alpha value is -0.940. The van der Waals surface area contributed by atoms with Gasteiger partial charge in [-0.3, -0.25) is 4.79 Å². The van der Waals surface area contributed by atoms with Gasteiger partial charge in [-0.15, -0.1) is 11.3 Å². The third-order valence-corrected chi connectivity index (χ3v) is 3.64. The number of nitrogens with zero attached hydrogens (tertiary/aromatic N) is 1. The molecule has 0 aromatic carbocycles. The van der Waals surface area contributed by atoms with Gasteiger partial charge in [0.2, 0.25) is 0 Å². The average molecular weight is 209 g/mol. The number of carbonyl (C=O) groups excluding carboxylic acids is 1. The Morgan fingerprint density at radius 2 is 2.36 bits per heavy atom. The molecule has 1 saturated carbocycles. The van der Waals surface area contributed by atoms with Crippen molar-refractivity contribution in [3.63, 3.8) is 0 Å². The second-order valence-corrected chi connectivity index (χ2v) is 4.58. The van der Waals surface area contributed by atoms with E-state index in [-0.39, 0.29) is 5.91 Å². The Morgan fingerprint density at radius 1 is 1.57 bits per heavy atom. The molecule has 2 aliphatic rings. The van der Waals surface area contributed by atoms with E-state index < -0.39 is 0 Å². The van der Waals surface area contributed by atoms with Gasteiger partial charge in [0.1, 0.15) is 5.69 Å². The highest BCUT2D eigenvalue weighted by molar-refractivity contribution is 7.07. The highest BCUT2D eigenvalue weighted by Crippen LogP contribution is 2.41. The standard InChI is InChI=1S/C9H11N3OS/c13-9(7-3-14-4-11-7)12-8-5-1-10-2-6(5)8/h3-6,8,10H,1-2H2,(H,12,13). The predicted octanol–water partition coefficient (Wildman–Crippen LogP) is 0.0907. The van der Waals surface area contributed by atoms with Gasteiger partial charge >= 0.3 is 0 Å². The zero-order chi connectivity index (χ0) is 9.54. The molecule has 2 atom stereocenters. The maximum absolute atomic E-state index is 11.6. The molecular formula is C9H11N3OS. The van der Waals surface area contributed by atoms with Crippen molar-refractivity contribution in [2.75, 3.05) is 13.1 Å². The van der Waals surface area contributed by atoms with E-state index in [0.29, 0.717) is 23.6 Å². The van der Waals surface area contributed by atoms with Crippen LogP contribution in [0.25, 0.3) is 0 Å². The lowest BCUT2D eigenvalue weighted by molar-refractivity contribution is 0.0942. The molecule has 3 rings (SSSR count). The first-order valence-electron chi connectivity index (χ1n) is 4.76. The van der Waals surface area contributed by atoms with Crippen molar-refractivity contribution in [3.05, 3.63) is 16.6 Å². The number of thiazole rings is 1. The summed E-state index contributed by atoms with van der Waals surface area (Å²) in [5, 5.41) is 8.10. The van der Waals surface area contributed by atoms with Crippen molar-refractivity contribution in [2.45, 2.75) is 6.04 Å². The number of amides is 1. The maximum atomic E-state index is 11.6. The van der Waals surface area contributed by atoms with Crippen LogP contribution in [0, 0.1) is 11.8 Å². The van der Waals surface area contributed by atoms with E-state index in [9.17, 15) is 4.79 Å². The molecule has 14 heavy (non-hydrogen) atoms. The highest BCUT2D eigenvalue weighted by atomic mass is 32.1. The van der Waals surface area contributed by atoms with Gasteiger partial charge in [-0.05, 0) is 11.8 Å². The zero-order valence-corrected chi connectivity index (χ0v) is 8.38. The minimum Gasteiger partial charge on any atom is -0.347 e. The predicted molar refractivity (Wildman–Crippen MR) is 53.2 cm³/mol. The first kappa shape index (κ1) is 8.38. The first-order chi connectivity index (χ1) is 6.86. The van der Waals surface area contributed by atoms with Crippen LogP contribution in [0.5, 0.6) is 0 Å². The van der Waals surface area contributed by atoms with Crippen LogP contribution < -0.4 is 10.6 Å². The smallest absolute Gasteiger partial charge is 0.270 e. The molecule has 2 fully saturated rings. The van der Waals surface area contributed by atoms with Crippen LogP contribution in [-0.2, 0) is 0 Å². The molecule has 1 saturated heterocycles. The normalized spacial score (nSPS) is 33.9. The van der Waals surface area contributed by atoms with Crippen LogP contribution in [0.3, 0.4) is 0 Å². The summed E-state index contributed by atoms with van der Waals surface area (Å²) in [5.74, 6) is 1.31. The van der Waals surface area contributed by atoms with Crippen molar-refractivity contribution in [1.29, 1.82) is 0 Å².